The van der Waals surface area contributed by atoms with Crippen molar-refractivity contribution in [3.63, 3.8) is 0 Å². The van der Waals surface area contributed by atoms with Gasteiger partial charge in [0.25, 0.3) is 5.56 Å². The van der Waals surface area contributed by atoms with Crippen LogP contribution in [-0.4, -0.2) is 25.2 Å². The summed E-state index contributed by atoms with van der Waals surface area (Å²) in [7, 11) is 0. The maximum absolute atomic E-state index is 13.3. The van der Waals surface area contributed by atoms with Gasteiger partial charge >= 0.3 is 17.8 Å². The van der Waals surface area contributed by atoms with Gasteiger partial charge in [-0.1, -0.05) is 30.3 Å². The molecule has 0 aliphatic carbocycles. The lowest BCUT2D eigenvalue weighted by molar-refractivity contribution is -0.137. The van der Waals surface area contributed by atoms with E-state index in [2.05, 4.69) is 4.98 Å². The highest BCUT2D eigenvalue weighted by atomic mass is 19.4. The largest absolute Gasteiger partial charge is 0.478 e. The lowest BCUT2D eigenvalue weighted by Gasteiger charge is -2.15. The minimum Gasteiger partial charge on any atom is -0.478 e. The number of carboxylic acids is 1. The maximum atomic E-state index is 13.3. The van der Waals surface area contributed by atoms with Gasteiger partial charge in [0.15, 0.2) is 0 Å². The zero-order valence-corrected chi connectivity index (χ0v) is 16.2. The molecule has 0 atom stereocenters. The van der Waals surface area contributed by atoms with Crippen LogP contribution in [0.25, 0.3) is 27.4 Å². The molecule has 7 nitrogen and oxygen atoms in total. The van der Waals surface area contributed by atoms with Gasteiger partial charge in [0.2, 0.25) is 0 Å². The van der Waals surface area contributed by atoms with Gasteiger partial charge in [-0.2, -0.15) is 13.2 Å². The van der Waals surface area contributed by atoms with E-state index in [-0.39, 0.29) is 23.1 Å². The number of carboxylic acid groups (broad SMARTS) is 1. The Hall–Kier alpha value is -4.21. The van der Waals surface area contributed by atoms with Crippen LogP contribution in [0.2, 0.25) is 0 Å². The van der Waals surface area contributed by atoms with E-state index in [9.17, 15) is 27.6 Å². The molecule has 10 heteroatoms. The maximum Gasteiger partial charge on any atom is 0.416 e. The Balaban J connectivity index is 2.11. The van der Waals surface area contributed by atoms with Crippen molar-refractivity contribution in [1.29, 1.82) is 0 Å². The lowest BCUT2D eigenvalue weighted by Crippen LogP contribution is -2.39. The minimum absolute atomic E-state index is 0.0486. The molecule has 2 aromatic carbocycles. The number of carbonyl (C=O) groups is 1. The lowest BCUT2D eigenvalue weighted by atomic mass is 10.1. The highest BCUT2D eigenvalue weighted by molar-refractivity contribution is 5.89. The second-order valence-electron chi connectivity index (χ2n) is 6.88. The molecule has 0 unspecified atom stereocenters. The molecular weight excluding hydrogens is 427 g/mol. The van der Waals surface area contributed by atoms with Gasteiger partial charge in [0.05, 0.1) is 28.4 Å². The van der Waals surface area contributed by atoms with Crippen LogP contribution >= 0.6 is 0 Å². The van der Waals surface area contributed by atoms with Gasteiger partial charge in [-0.05, 0) is 18.2 Å². The van der Waals surface area contributed by atoms with Crippen LogP contribution in [0.4, 0.5) is 13.2 Å². The molecule has 0 aliphatic heterocycles. The molecule has 0 radical (unpaired) electrons. The molecule has 1 N–H and O–H groups in total. The van der Waals surface area contributed by atoms with E-state index >= 15 is 0 Å². The molecule has 0 aliphatic rings. The quantitative estimate of drug-likeness (QED) is 0.490. The first-order chi connectivity index (χ1) is 15.2. The number of nitrogens with zero attached hydrogens (tertiary/aromatic N) is 3. The number of aliphatic carboxylic acids is 1. The second-order valence-corrected chi connectivity index (χ2v) is 6.88. The van der Waals surface area contributed by atoms with E-state index in [1.807, 2.05) is 0 Å². The van der Waals surface area contributed by atoms with E-state index in [1.54, 1.807) is 24.3 Å². The van der Waals surface area contributed by atoms with E-state index in [4.69, 9.17) is 5.11 Å². The predicted octanol–water partition coefficient (Wildman–Crippen LogP) is 3.36. The summed E-state index contributed by atoms with van der Waals surface area (Å²) in [6.07, 6.45) is 0.0771. The molecule has 0 amide bonds. The standard InChI is InChI=1S/C22H14F3N3O4/c23-22(24,25)14-7-8-17-16(10-14)20(31)28(21(32)27(17)9-3-6-19(29)30)18-12-26-11-13-4-1-2-5-15(13)18/h1-8,10-12H,9H2,(H,29,30)/b6-3+. The van der Waals surface area contributed by atoms with Crippen molar-refractivity contribution < 1.29 is 23.1 Å². The van der Waals surface area contributed by atoms with Crippen LogP contribution in [0.5, 0.6) is 0 Å². The Kier molecular flexibility index (Phi) is 5.13. The highest BCUT2D eigenvalue weighted by Gasteiger charge is 2.31. The third kappa shape index (κ3) is 3.66. The average molecular weight is 441 g/mol. The Bertz CT molecular complexity index is 1510. The van der Waals surface area contributed by atoms with E-state index in [0.717, 1.165) is 33.4 Å². The second kappa shape index (κ2) is 7.80. The number of halogens is 3. The molecule has 2 heterocycles. The van der Waals surface area contributed by atoms with Gasteiger partial charge in [0, 0.05) is 29.6 Å². The molecular formula is C22H14F3N3O4. The predicted molar refractivity (Wildman–Crippen MR) is 111 cm³/mol. The summed E-state index contributed by atoms with van der Waals surface area (Å²) in [5.41, 5.74) is -2.76. The number of pyridine rings is 1. The van der Waals surface area contributed by atoms with Crippen LogP contribution in [0, 0.1) is 0 Å². The smallest absolute Gasteiger partial charge is 0.416 e. The highest BCUT2D eigenvalue weighted by Crippen LogP contribution is 2.30. The molecule has 4 rings (SSSR count). The van der Waals surface area contributed by atoms with Gasteiger partial charge in [-0.15, -0.1) is 0 Å². The van der Waals surface area contributed by atoms with Gasteiger partial charge < -0.3 is 5.11 Å². The van der Waals surface area contributed by atoms with Crippen molar-refractivity contribution in [2.75, 3.05) is 0 Å². The fourth-order valence-corrected chi connectivity index (χ4v) is 3.48. The fraction of sp³-hybridized carbons (Fsp3) is 0.0909. The summed E-state index contributed by atoms with van der Waals surface area (Å²) in [4.78, 5) is 41.4. The molecule has 0 saturated carbocycles. The van der Waals surface area contributed by atoms with Crippen LogP contribution in [0.3, 0.4) is 0 Å². The summed E-state index contributed by atoms with van der Waals surface area (Å²) < 4.78 is 41.7. The van der Waals surface area contributed by atoms with Crippen LogP contribution in [0.15, 0.2) is 76.6 Å². The number of rotatable bonds is 4. The third-order valence-electron chi connectivity index (χ3n) is 4.91. The first kappa shape index (κ1) is 21.0. The molecule has 0 spiro atoms. The summed E-state index contributed by atoms with van der Waals surface area (Å²) in [6.45, 7) is -0.272. The number of aromatic nitrogens is 3. The van der Waals surface area contributed by atoms with Gasteiger partial charge in [-0.3, -0.25) is 14.3 Å². The van der Waals surface area contributed by atoms with Crippen LogP contribution < -0.4 is 11.2 Å². The number of fused-ring (bicyclic) bond motifs is 2. The van der Waals surface area contributed by atoms with Crippen molar-refractivity contribution in [1.82, 2.24) is 14.1 Å². The summed E-state index contributed by atoms with van der Waals surface area (Å²) in [5, 5.41) is 9.62. The summed E-state index contributed by atoms with van der Waals surface area (Å²) in [5.74, 6) is -1.26. The third-order valence-corrected chi connectivity index (χ3v) is 4.91. The van der Waals surface area contributed by atoms with Crippen LogP contribution in [-0.2, 0) is 17.5 Å². The molecule has 0 bridgehead atoms. The number of benzene rings is 2. The topological polar surface area (TPSA) is 94.2 Å². The van der Waals surface area contributed by atoms with Gasteiger partial charge in [0.1, 0.15) is 0 Å². The fourth-order valence-electron chi connectivity index (χ4n) is 3.48. The number of alkyl halides is 3. The first-order valence-corrected chi connectivity index (χ1v) is 9.28. The zero-order chi connectivity index (χ0) is 23.0. The van der Waals surface area contributed by atoms with Gasteiger partial charge in [-0.25, -0.2) is 14.2 Å². The molecule has 32 heavy (non-hydrogen) atoms. The minimum atomic E-state index is -4.70. The molecule has 0 fully saturated rings. The van der Waals surface area contributed by atoms with E-state index < -0.39 is 29.0 Å². The Morgan fingerprint density at radius 1 is 1.06 bits per heavy atom. The normalized spacial score (nSPS) is 12.1. The Labute approximate surface area is 177 Å². The average Bonchev–Trinajstić information content (AvgIpc) is 2.75. The molecule has 4 aromatic rings. The van der Waals surface area contributed by atoms with Crippen molar-refractivity contribution in [2.24, 2.45) is 0 Å². The first-order valence-electron chi connectivity index (χ1n) is 9.28. The molecule has 2 aromatic heterocycles. The molecule has 0 saturated heterocycles. The number of allylic oxidation sites excluding steroid dienone is 1. The summed E-state index contributed by atoms with van der Waals surface area (Å²) in [6, 6.07) is 9.28. The van der Waals surface area contributed by atoms with Crippen LogP contribution in [0.1, 0.15) is 5.56 Å². The van der Waals surface area contributed by atoms with Crippen molar-refractivity contribution in [3.8, 4) is 5.69 Å². The van der Waals surface area contributed by atoms with E-state index in [0.29, 0.717) is 16.8 Å². The van der Waals surface area contributed by atoms with Crippen molar-refractivity contribution in [2.45, 2.75) is 12.7 Å². The number of hydrogen-bond acceptors (Lipinski definition) is 4. The Morgan fingerprint density at radius 2 is 1.81 bits per heavy atom. The van der Waals surface area contributed by atoms with E-state index in [1.165, 1.54) is 12.4 Å². The monoisotopic (exact) mass is 441 g/mol. The molecule has 162 valence electrons. The summed E-state index contributed by atoms with van der Waals surface area (Å²) >= 11 is 0. The SMILES string of the molecule is O=C(O)/C=C/Cn1c(=O)n(-c2cncc3ccccc23)c(=O)c2cc(C(F)(F)F)ccc21. The zero-order valence-electron chi connectivity index (χ0n) is 16.2. The number of hydrogen-bond donors (Lipinski definition) is 1. The van der Waals surface area contributed by atoms with Crippen molar-refractivity contribution in [3.05, 3.63) is 93.4 Å². The van der Waals surface area contributed by atoms with Crippen molar-refractivity contribution >= 4 is 27.6 Å². The Morgan fingerprint density at radius 3 is 2.53 bits per heavy atom.